The van der Waals surface area contributed by atoms with Crippen LogP contribution in [0.2, 0.25) is 0 Å². The van der Waals surface area contributed by atoms with Crippen LogP contribution in [0.5, 0.6) is 0 Å². The van der Waals surface area contributed by atoms with Crippen molar-refractivity contribution >= 4 is 5.82 Å². The highest BCUT2D eigenvalue weighted by Crippen LogP contribution is 1.91. The molecule has 0 radical (unpaired) electrons. The zero-order valence-electron chi connectivity index (χ0n) is 5.28. The molecule has 2 N–H and O–H groups in total. The van der Waals surface area contributed by atoms with Crippen molar-refractivity contribution in [3.63, 3.8) is 0 Å². The Bertz CT molecular complexity index is 198. The van der Waals surface area contributed by atoms with E-state index in [0.29, 0.717) is 5.82 Å². The molecule has 0 fully saturated rings. The van der Waals surface area contributed by atoms with Gasteiger partial charge in [0.25, 0.3) is 0 Å². The lowest BCUT2D eigenvalue weighted by Gasteiger charge is -1.96. The lowest BCUT2D eigenvalue weighted by molar-refractivity contribution is 0.885. The Morgan fingerprint density at radius 3 is 3.00 bits per heavy atom. The van der Waals surface area contributed by atoms with Gasteiger partial charge in [-0.1, -0.05) is 0 Å². The van der Waals surface area contributed by atoms with Gasteiger partial charge in [-0.25, -0.2) is 4.68 Å². The van der Waals surface area contributed by atoms with E-state index in [-0.39, 0.29) is 0 Å². The number of nitrogens with two attached hydrogens (primary N) is 1. The smallest absolute Gasteiger partial charge is 0.120 e. The SMILES string of the molecule is C/C=C(\N)n1cccn1. The summed E-state index contributed by atoms with van der Waals surface area (Å²) in [5.41, 5.74) is 5.50. The highest BCUT2D eigenvalue weighted by Gasteiger charge is 1.87. The Labute approximate surface area is 53.8 Å². The molecule has 0 aromatic carbocycles. The van der Waals surface area contributed by atoms with E-state index in [0.717, 1.165) is 0 Å². The molecule has 9 heavy (non-hydrogen) atoms. The lowest BCUT2D eigenvalue weighted by Crippen LogP contribution is -2.05. The summed E-state index contributed by atoms with van der Waals surface area (Å²) < 4.78 is 1.61. The van der Waals surface area contributed by atoms with Crippen LogP contribution in [-0.4, -0.2) is 9.78 Å². The van der Waals surface area contributed by atoms with E-state index in [2.05, 4.69) is 5.10 Å². The number of hydrogen-bond acceptors (Lipinski definition) is 2. The monoisotopic (exact) mass is 123 g/mol. The van der Waals surface area contributed by atoms with E-state index in [4.69, 9.17) is 5.73 Å². The first-order valence-corrected chi connectivity index (χ1v) is 2.76. The van der Waals surface area contributed by atoms with E-state index in [1.165, 1.54) is 0 Å². The van der Waals surface area contributed by atoms with Gasteiger partial charge >= 0.3 is 0 Å². The van der Waals surface area contributed by atoms with Crippen LogP contribution in [0.3, 0.4) is 0 Å². The Hall–Kier alpha value is -1.25. The number of hydrogen-bond donors (Lipinski definition) is 1. The van der Waals surface area contributed by atoms with E-state index in [1.54, 1.807) is 23.2 Å². The Morgan fingerprint density at radius 1 is 1.78 bits per heavy atom. The van der Waals surface area contributed by atoms with E-state index in [1.807, 2.05) is 13.0 Å². The maximum absolute atomic E-state index is 5.50. The molecule has 1 heterocycles. The van der Waals surface area contributed by atoms with Crippen molar-refractivity contribution in [3.8, 4) is 0 Å². The molecule has 1 aromatic heterocycles. The van der Waals surface area contributed by atoms with Gasteiger partial charge in [0.2, 0.25) is 0 Å². The van der Waals surface area contributed by atoms with E-state index in [9.17, 15) is 0 Å². The molecule has 0 atom stereocenters. The largest absolute Gasteiger partial charge is 0.384 e. The second-order valence-corrected chi connectivity index (χ2v) is 1.66. The number of aromatic nitrogens is 2. The normalized spacial score (nSPS) is 11.9. The van der Waals surface area contributed by atoms with Crippen molar-refractivity contribution < 1.29 is 0 Å². The summed E-state index contributed by atoms with van der Waals surface area (Å²) in [6, 6.07) is 1.83. The molecule has 0 saturated heterocycles. The fraction of sp³-hybridized carbons (Fsp3) is 0.167. The molecular formula is C6H9N3. The molecule has 0 bridgehead atoms. The molecule has 3 heteroatoms. The second-order valence-electron chi connectivity index (χ2n) is 1.66. The van der Waals surface area contributed by atoms with Crippen LogP contribution in [-0.2, 0) is 0 Å². The van der Waals surface area contributed by atoms with Gasteiger partial charge in [-0.05, 0) is 19.1 Å². The Morgan fingerprint density at radius 2 is 2.56 bits per heavy atom. The molecule has 0 aliphatic rings. The summed E-state index contributed by atoms with van der Waals surface area (Å²) >= 11 is 0. The van der Waals surface area contributed by atoms with Crippen molar-refractivity contribution in [2.24, 2.45) is 5.73 Å². The molecule has 0 unspecified atom stereocenters. The average Bonchev–Trinajstić information content (AvgIpc) is 2.37. The highest BCUT2D eigenvalue weighted by molar-refractivity contribution is 5.37. The van der Waals surface area contributed by atoms with Gasteiger partial charge < -0.3 is 5.73 Å². The van der Waals surface area contributed by atoms with Crippen LogP contribution in [0.4, 0.5) is 0 Å². The van der Waals surface area contributed by atoms with Crippen LogP contribution in [0, 0.1) is 0 Å². The van der Waals surface area contributed by atoms with Crippen molar-refractivity contribution in [3.05, 3.63) is 24.5 Å². The summed E-state index contributed by atoms with van der Waals surface area (Å²) in [6.45, 7) is 1.87. The third kappa shape index (κ3) is 1.10. The standard InChI is InChI=1S/C6H9N3/c1-2-6(7)9-5-3-4-8-9/h2-5H,7H2,1H3/b6-2+. The van der Waals surface area contributed by atoms with Crippen LogP contribution >= 0.6 is 0 Å². The van der Waals surface area contributed by atoms with Crippen molar-refractivity contribution in [2.75, 3.05) is 0 Å². The minimum absolute atomic E-state index is 0.653. The fourth-order valence-corrected chi connectivity index (χ4v) is 0.554. The lowest BCUT2D eigenvalue weighted by atomic mass is 10.6. The molecule has 48 valence electrons. The zero-order valence-corrected chi connectivity index (χ0v) is 5.28. The van der Waals surface area contributed by atoms with Gasteiger partial charge in [-0.3, -0.25) is 0 Å². The predicted molar refractivity (Wildman–Crippen MR) is 36.4 cm³/mol. The van der Waals surface area contributed by atoms with Crippen molar-refractivity contribution in [1.82, 2.24) is 9.78 Å². The van der Waals surface area contributed by atoms with E-state index < -0.39 is 0 Å². The molecule has 0 aliphatic heterocycles. The van der Waals surface area contributed by atoms with Gasteiger partial charge in [0.15, 0.2) is 0 Å². The van der Waals surface area contributed by atoms with Gasteiger partial charge in [0.1, 0.15) is 5.82 Å². The minimum atomic E-state index is 0.653. The predicted octanol–water partition coefficient (Wildman–Crippen LogP) is 0.660. The zero-order chi connectivity index (χ0) is 6.69. The minimum Gasteiger partial charge on any atom is -0.384 e. The Kier molecular flexibility index (Phi) is 1.53. The quantitative estimate of drug-likeness (QED) is 0.596. The number of allylic oxidation sites excluding steroid dienone is 1. The third-order valence-electron chi connectivity index (χ3n) is 1.06. The van der Waals surface area contributed by atoms with Gasteiger partial charge in [-0.2, -0.15) is 5.10 Å². The van der Waals surface area contributed by atoms with Gasteiger partial charge in [0.05, 0.1) is 0 Å². The maximum Gasteiger partial charge on any atom is 0.120 e. The first kappa shape index (κ1) is 5.88. The van der Waals surface area contributed by atoms with E-state index >= 15 is 0 Å². The fourth-order valence-electron chi connectivity index (χ4n) is 0.554. The number of rotatable bonds is 1. The second kappa shape index (κ2) is 2.35. The van der Waals surface area contributed by atoms with Gasteiger partial charge in [-0.15, -0.1) is 0 Å². The number of nitrogens with zero attached hydrogens (tertiary/aromatic N) is 2. The molecule has 0 saturated carbocycles. The molecule has 0 spiro atoms. The third-order valence-corrected chi connectivity index (χ3v) is 1.06. The first-order chi connectivity index (χ1) is 4.34. The molecular weight excluding hydrogens is 114 g/mol. The molecule has 1 rings (SSSR count). The van der Waals surface area contributed by atoms with Crippen molar-refractivity contribution in [2.45, 2.75) is 6.92 Å². The molecule has 3 nitrogen and oxygen atoms in total. The molecule has 0 amide bonds. The maximum atomic E-state index is 5.50. The highest BCUT2D eigenvalue weighted by atomic mass is 15.3. The summed E-state index contributed by atoms with van der Waals surface area (Å²) in [4.78, 5) is 0. The van der Waals surface area contributed by atoms with Crippen LogP contribution < -0.4 is 5.73 Å². The van der Waals surface area contributed by atoms with Crippen LogP contribution in [0.15, 0.2) is 24.5 Å². The topological polar surface area (TPSA) is 43.8 Å². The van der Waals surface area contributed by atoms with Crippen LogP contribution in [0.1, 0.15) is 6.92 Å². The first-order valence-electron chi connectivity index (χ1n) is 2.76. The Balaban J connectivity index is 2.90. The summed E-state index contributed by atoms with van der Waals surface area (Å²) in [7, 11) is 0. The summed E-state index contributed by atoms with van der Waals surface area (Å²) in [5.74, 6) is 0.653. The van der Waals surface area contributed by atoms with Crippen molar-refractivity contribution in [1.29, 1.82) is 0 Å². The molecule has 1 aromatic rings. The summed E-state index contributed by atoms with van der Waals surface area (Å²) in [5, 5.41) is 3.91. The van der Waals surface area contributed by atoms with Crippen LogP contribution in [0.25, 0.3) is 5.82 Å². The summed E-state index contributed by atoms with van der Waals surface area (Å²) in [6.07, 6.45) is 5.29. The van der Waals surface area contributed by atoms with Gasteiger partial charge in [0, 0.05) is 12.4 Å². The average molecular weight is 123 g/mol. The molecule has 0 aliphatic carbocycles.